The van der Waals surface area contributed by atoms with E-state index in [2.05, 4.69) is 10.4 Å². The normalized spacial score (nSPS) is 21.8. The number of aromatic nitrogens is 2. The highest BCUT2D eigenvalue weighted by atomic mass is 19.4. The van der Waals surface area contributed by atoms with Crippen LogP contribution in [0.15, 0.2) is 6.20 Å². The van der Waals surface area contributed by atoms with Crippen LogP contribution in [0.4, 0.5) is 13.2 Å². The van der Waals surface area contributed by atoms with Gasteiger partial charge in [-0.15, -0.1) is 0 Å². The average molecular weight is 273 g/mol. The van der Waals surface area contributed by atoms with Crippen LogP contribution in [0.25, 0.3) is 0 Å². The summed E-state index contributed by atoms with van der Waals surface area (Å²) in [7, 11) is 0. The van der Waals surface area contributed by atoms with Gasteiger partial charge >= 0.3 is 6.18 Å². The number of nitrogens with one attached hydrogen (secondary N) is 1. The largest absolute Gasteiger partial charge is 0.435 e. The third kappa shape index (κ3) is 2.94. The molecule has 1 saturated heterocycles. The van der Waals surface area contributed by atoms with Crippen molar-refractivity contribution in [2.24, 2.45) is 5.92 Å². The lowest BCUT2D eigenvalue weighted by atomic mass is 9.91. The SMILES string of the molecule is FC(F)(F)c1nn(C2CC2)cc1CC1CCNCC1. The van der Waals surface area contributed by atoms with E-state index in [1.165, 1.54) is 4.68 Å². The molecule has 2 aliphatic rings. The quantitative estimate of drug-likeness (QED) is 0.917. The second-order valence-corrected chi connectivity index (χ2v) is 5.61. The summed E-state index contributed by atoms with van der Waals surface area (Å²) in [6, 6.07) is 0.197. The molecule has 3 rings (SSSR count). The van der Waals surface area contributed by atoms with E-state index in [1.54, 1.807) is 6.20 Å². The van der Waals surface area contributed by atoms with Gasteiger partial charge in [0.1, 0.15) is 0 Å². The summed E-state index contributed by atoms with van der Waals surface area (Å²) in [4.78, 5) is 0. The van der Waals surface area contributed by atoms with Gasteiger partial charge in [0.15, 0.2) is 5.69 Å². The van der Waals surface area contributed by atoms with Gasteiger partial charge in [-0.3, -0.25) is 4.68 Å². The number of alkyl halides is 3. The van der Waals surface area contributed by atoms with Crippen molar-refractivity contribution in [3.63, 3.8) is 0 Å². The maximum Gasteiger partial charge on any atom is 0.435 e. The first kappa shape index (κ1) is 13.0. The van der Waals surface area contributed by atoms with Crippen molar-refractivity contribution >= 4 is 0 Å². The van der Waals surface area contributed by atoms with Gasteiger partial charge in [0.2, 0.25) is 0 Å². The fraction of sp³-hybridized carbons (Fsp3) is 0.769. The van der Waals surface area contributed by atoms with Gasteiger partial charge in [-0.05, 0) is 51.1 Å². The van der Waals surface area contributed by atoms with Gasteiger partial charge in [0.25, 0.3) is 0 Å². The van der Waals surface area contributed by atoms with E-state index in [1.807, 2.05) is 0 Å². The van der Waals surface area contributed by atoms with Gasteiger partial charge < -0.3 is 5.32 Å². The van der Waals surface area contributed by atoms with Crippen molar-refractivity contribution in [3.05, 3.63) is 17.5 Å². The number of rotatable bonds is 3. The number of hydrogen-bond acceptors (Lipinski definition) is 2. The molecule has 1 aromatic heterocycles. The van der Waals surface area contributed by atoms with Gasteiger partial charge in [-0.1, -0.05) is 0 Å². The van der Waals surface area contributed by atoms with E-state index in [9.17, 15) is 13.2 Å². The smallest absolute Gasteiger partial charge is 0.317 e. The van der Waals surface area contributed by atoms with Crippen molar-refractivity contribution in [2.45, 2.75) is 44.3 Å². The summed E-state index contributed by atoms with van der Waals surface area (Å²) in [6.07, 6.45) is 1.60. The lowest BCUT2D eigenvalue weighted by Gasteiger charge is -2.22. The van der Waals surface area contributed by atoms with Crippen LogP contribution in [-0.4, -0.2) is 22.9 Å². The Morgan fingerprint density at radius 3 is 2.47 bits per heavy atom. The van der Waals surface area contributed by atoms with Crippen molar-refractivity contribution in [1.29, 1.82) is 0 Å². The third-order valence-corrected chi connectivity index (χ3v) is 3.96. The molecule has 0 amide bonds. The Labute approximate surface area is 110 Å². The zero-order valence-electron chi connectivity index (χ0n) is 10.7. The Morgan fingerprint density at radius 2 is 1.89 bits per heavy atom. The molecule has 106 valence electrons. The zero-order valence-corrected chi connectivity index (χ0v) is 10.7. The van der Waals surface area contributed by atoms with Crippen LogP contribution in [0.5, 0.6) is 0 Å². The Morgan fingerprint density at radius 1 is 1.21 bits per heavy atom. The average Bonchev–Trinajstić information content (AvgIpc) is 3.11. The molecule has 0 atom stereocenters. The minimum Gasteiger partial charge on any atom is -0.317 e. The zero-order chi connectivity index (χ0) is 13.5. The Hall–Kier alpha value is -1.04. The molecule has 1 aliphatic carbocycles. The van der Waals surface area contributed by atoms with E-state index < -0.39 is 11.9 Å². The van der Waals surface area contributed by atoms with E-state index >= 15 is 0 Å². The van der Waals surface area contributed by atoms with Crippen molar-refractivity contribution in [3.8, 4) is 0 Å². The molecule has 2 heterocycles. The molecule has 0 aromatic carbocycles. The molecule has 2 fully saturated rings. The first-order chi connectivity index (χ1) is 9.04. The van der Waals surface area contributed by atoms with Crippen LogP contribution in [0, 0.1) is 5.92 Å². The van der Waals surface area contributed by atoms with Crippen LogP contribution >= 0.6 is 0 Å². The molecule has 0 bridgehead atoms. The summed E-state index contributed by atoms with van der Waals surface area (Å²) < 4.78 is 40.6. The molecule has 1 aliphatic heterocycles. The number of halogens is 3. The molecule has 0 spiro atoms. The van der Waals surface area contributed by atoms with Gasteiger partial charge in [-0.2, -0.15) is 18.3 Å². The summed E-state index contributed by atoms with van der Waals surface area (Å²) in [5.74, 6) is 0.346. The molecule has 1 aromatic rings. The molecule has 1 N–H and O–H groups in total. The van der Waals surface area contributed by atoms with Crippen LogP contribution in [0.2, 0.25) is 0 Å². The second-order valence-electron chi connectivity index (χ2n) is 5.61. The molecule has 0 radical (unpaired) electrons. The standard InChI is InChI=1S/C13H18F3N3/c14-13(15,16)12-10(7-9-3-5-17-6-4-9)8-19(18-12)11-1-2-11/h8-9,11,17H,1-7H2. The highest BCUT2D eigenvalue weighted by Crippen LogP contribution is 2.38. The minimum atomic E-state index is -4.33. The fourth-order valence-corrected chi connectivity index (χ4v) is 2.74. The maximum atomic E-state index is 13.0. The Balaban J connectivity index is 1.81. The Kier molecular flexibility index (Phi) is 3.28. The van der Waals surface area contributed by atoms with Crippen LogP contribution in [-0.2, 0) is 12.6 Å². The first-order valence-corrected chi connectivity index (χ1v) is 6.90. The van der Waals surface area contributed by atoms with E-state index in [0.29, 0.717) is 17.9 Å². The van der Waals surface area contributed by atoms with Crippen LogP contribution in [0.3, 0.4) is 0 Å². The van der Waals surface area contributed by atoms with E-state index in [4.69, 9.17) is 0 Å². The highest BCUT2D eigenvalue weighted by molar-refractivity contribution is 5.21. The maximum absolute atomic E-state index is 13.0. The molecular weight excluding hydrogens is 255 g/mol. The van der Waals surface area contributed by atoms with Crippen LogP contribution < -0.4 is 5.32 Å². The summed E-state index contributed by atoms with van der Waals surface area (Å²) in [5.41, 5.74) is -0.288. The van der Waals surface area contributed by atoms with Gasteiger partial charge in [0.05, 0.1) is 6.04 Å². The first-order valence-electron chi connectivity index (χ1n) is 6.90. The predicted molar refractivity (Wildman–Crippen MR) is 64.8 cm³/mol. The molecule has 6 heteroatoms. The monoisotopic (exact) mass is 273 g/mol. The van der Waals surface area contributed by atoms with Gasteiger partial charge in [-0.25, -0.2) is 0 Å². The minimum absolute atomic E-state index is 0.197. The van der Waals surface area contributed by atoms with Crippen molar-refractivity contribution in [1.82, 2.24) is 15.1 Å². The Bertz CT molecular complexity index is 442. The molecule has 1 saturated carbocycles. The highest BCUT2D eigenvalue weighted by Gasteiger charge is 2.39. The number of piperidine rings is 1. The van der Waals surface area contributed by atoms with E-state index in [-0.39, 0.29) is 6.04 Å². The lowest BCUT2D eigenvalue weighted by Crippen LogP contribution is -2.29. The van der Waals surface area contributed by atoms with E-state index in [0.717, 1.165) is 38.8 Å². The topological polar surface area (TPSA) is 29.9 Å². The number of nitrogens with zero attached hydrogens (tertiary/aromatic N) is 2. The molecule has 0 unspecified atom stereocenters. The summed E-state index contributed by atoms with van der Waals surface area (Å²) in [5, 5.41) is 7.02. The van der Waals surface area contributed by atoms with Crippen LogP contribution in [0.1, 0.15) is 43.0 Å². The van der Waals surface area contributed by atoms with Crippen molar-refractivity contribution < 1.29 is 13.2 Å². The second kappa shape index (κ2) is 4.81. The third-order valence-electron chi connectivity index (χ3n) is 3.96. The summed E-state index contributed by atoms with van der Waals surface area (Å²) in [6.45, 7) is 1.81. The predicted octanol–water partition coefficient (Wildman–Crippen LogP) is 2.78. The fourth-order valence-electron chi connectivity index (χ4n) is 2.74. The molecular formula is C13H18F3N3. The molecule has 19 heavy (non-hydrogen) atoms. The summed E-state index contributed by atoms with van der Waals surface area (Å²) >= 11 is 0. The lowest BCUT2D eigenvalue weighted by molar-refractivity contribution is -0.142. The van der Waals surface area contributed by atoms with Crippen molar-refractivity contribution in [2.75, 3.05) is 13.1 Å². The van der Waals surface area contributed by atoms with Gasteiger partial charge in [0, 0.05) is 11.8 Å². The molecule has 3 nitrogen and oxygen atoms in total. The number of hydrogen-bond donors (Lipinski definition) is 1.